The van der Waals surface area contributed by atoms with Crippen molar-refractivity contribution in [2.24, 2.45) is 7.05 Å². The predicted molar refractivity (Wildman–Crippen MR) is 81.8 cm³/mol. The zero-order valence-electron chi connectivity index (χ0n) is 13.0. The molecule has 0 saturated carbocycles. The van der Waals surface area contributed by atoms with Gasteiger partial charge in [0.05, 0.1) is 6.10 Å². The topological polar surface area (TPSA) is 39.1 Å². The first-order valence-corrected chi connectivity index (χ1v) is 8.11. The smallest absolute Gasteiger partial charge is 0.0575 e. The third kappa shape index (κ3) is 4.91. The number of nitrogens with one attached hydrogen (secondary N) is 1. The zero-order chi connectivity index (χ0) is 14.2. The van der Waals surface area contributed by atoms with Crippen molar-refractivity contribution in [3.05, 3.63) is 18.0 Å². The van der Waals surface area contributed by atoms with Crippen molar-refractivity contribution < 1.29 is 4.74 Å². The van der Waals surface area contributed by atoms with E-state index in [0.717, 1.165) is 19.6 Å². The lowest BCUT2D eigenvalue weighted by atomic mass is 9.98. The van der Waals surface area contributed by atoms with Gasteiger partial charge in [0, 0.05) is 31.6 Å². The molecule has 1 aromatic heterocycles. The van der Waals surface area contributed by atoms with Crippen LogP contribution in [0.4, 0.5) is 0 Å². The van der Waals surface area contributed by atoms with Crippen molar-refractivity contribution in [2.45, 2.75) is 64.0 Å². The van der Waals surface area contributed by atoms with Crippen LogP contribution in [0.15, 0.2) is 12.3 Å². The summed E-state index contributed by atoms with van der Waals surface area (Å²) in [5.74, 6) is 0. The molecule has 2 atom stereocenters. The SMILES string of the molecule is CCNC(CCc1ccnn1C)CCC1CCCCO1. The van der Waals surface area contributed by atoms with Gasteiger partial charge in [-0.25, -0.2) is 0 Å². The molecule has 4 nitrogen and oxygen atoms in total. The molecular formula is C16H29N3O. The van der Waals surface area contributed by atoms with Crippen LogP contribution in [0.25, 0.3) is 0 Å². The molecule has 1 fully saturated rings. The number of hydrogen-bond acceptors (Lipinski definition) is 3. The van der Waals surface area contributed by atoms with Gasteiger partial charge in [0.2, 0.25) is 0 Å². The van der Waals surface area contributed by atoms with Crippen molar-refractivity contribution in [2.75, 3.05) is 13.2 Å². The molecular weight excluding hydrogens is 250 g/mol. The highest BCUT2D eigenvalue weighted by Crippen LogP contribution is 2.19. The summed E-state index contributed by atoms with van der Waals surface area (Å²) in [5, 5.41) is 7.86. The van der Waals surface area contributed by atoms with Crippen LogP contribution in [0.5, 0.6) is 0 Å². The number of hydrogen-bond donors (Lipinski definition) is 1. The minimum Gasteiger partial charge on any atom is -0.378 e. The van der Waals surface area contributed by atoms with Crippen LogP contribution in [0.2, 0.25) is 0 Å². The quantitative estimate of drug-likeness (QED) is 0.795. The molecule has 1 aliphatic heterocycles. The third-order valence-electron chi connectivity index (χ3n) is 4.28. The Morgan fingerprint density at radius 2 is 2.35 bits per heavy atom. The molecule has 0 radical (unpaired) electrons. The van der Waals surface area contributed by atoms with E-state index in [2.05, 4.69) is 23.4 Å². The fraction of sp³-hybridized carbons (Fsp3) is 0.812. The second kappa shape index (κ2) is 8.42. The number of rotatable bonds is 8. The van der Waals surface area contributed by atoms with Gasteiger partial charge in [-0.3, -0.25) is 4.68 Å². The van der Waals surface area contributed by atoms with E-state index in [1.807, 2.05) is 17.9 Å². The number of aromatic nitrogens is 2. The third-order valence-corrected chi connectivity index (χ3v) is 4.28. The van der Waals surface area contributed by atoms with Gasteiger partial charge >= 0.3 is 0 Å². The van der Waals surface area contributed by atoms with E-state index >= 15 is 0 Å². The molecule has 114 valence electrons. The van der Waals surface area contributed by atoms with Crippen LogP contribution in [-0.4, -0.2) is 35.1 Å². The highest BCUT2D eigenvalue weighted by Gasteiger charge is 2.16. The number of nitrogens with zero attached hydrogens (tertiary/aromatic N) is 2. The molecule has 2 heterocycles. The first-order valence-electron chi connectivity index (χ1n) is 8.11. The molecule has 1 aromatic rings. The van der Waals surface area contributed by atoms with E-state index < -0.39 is 0 Å². The van der Waals surface area contributed by atoms with Gasteiger partial charge in [0.15, 0.2) is 0 Å². The number of ether oxygens (including phenoxy) is 1. The van der Waals surface area contributed by atoms with Crippen LogP contribution in [-0.2, 0) is 18.2 Å². The van der Waals surface area contributed by atoms with Gasteiger partial charge < -0.3 is 10.1 Å². The Kier molecular flexibility index (Phi) is 6.54. The Morgan fingerprint density at radius 1 is 1.45 bits per heavy atom. The Morgan fingerprint density at radius 3 is 3.00 bits per heavy atom. The Bertz CT molecular complexity index is 372. The van der Waals surface area contributed by atoms with Crippen LogP contribution < -0.4 is 5.32 Å². The average molecular weight is 279 g/mol. The van der Waals surface area contributed by atoms with Gasteiger partial charge in [-0.2, -0.15) is 5.10 Å². The minimum absolute atomic E-state index is 0.501. The summed E-state index contributed by atoms with van der Waals surface area (Å²) in [6, 6.07) is 2.72. The Balaban J connectivity index is 1.73. The number of aryl methyl sites for hydroxylation is 2. The Hall–Kier alpha value is -0.870. The molecule has 2 unspecified atom stereocenters. The molecule has 0 aliphatic carbocycles. The lowest BCUT2D eigenvalue weighted by Crippen LogP contribution is -2.31. The van der Waals surface area contributed by atoms with Crippen LogP contribution >= 0.6 is 0 Å². The summed E-state index contributed by atoms with van der Waals surface area (Å²) >= 11 is 0. The maximum absolute atomic E-state index is 5.83. The second-order valence-corrected chi connectivity index (χ2v) is 5.81. The lowest BCUT2D eigenvalue weighted by Gasteiger charge is -2.25. The van der Waals surface area contributed by atoms with Crippen LogP contribution in [0.3, 0.4) is 0 Å². The average Bonchev–Trinajstić information content (AvgIpc) is 2.88. The zero-order valence-corrected chi connectivity index (χ0v) is 13.0. The fourth-order valence-electron chi connectivity index (χ4n) is 3.03. The summed E-state index contributed by atoms with van der Waals surface area (Å²) in [7, 11) is 2.02. The maximum atomic E-state index is 5.83. The predicted octanol–water partition coefficient (Wildman–Crippen LogP) is 2.68. The molecule has 0 spiro atoms. The second-order valence-electron chi connectivity index (χ2n) is 5.81. The van der Waals surface area contributed by atoms with E-state index in [9.17, 15) is 0 Å². The van der Waals surface area contributed by atoms with E-state index in [1.54, 1.807) is 0 Å². The molecule has 2 rings (SSSR count). The molecule has 0 bridgehead atoms. The van der Waals surface area contributed by atoms with Crippen LogP contribution in [0.1, 0.15) is 51.1 Å². The summed E-state index contributed by atoms with van der Waals surface area (Å²) in [6.07, 6.45) is 10.9. The molecule has 1 saturated heterocycles. The van der Waals surface area contributed by atoms with Gasteiger partial charge in [-0.1, -0.05) is 6.92 Å². The van der Waals surface area contributed by atoms with Crippen molar-refractivity contribution in [1.29, 1.82) is 0 Å². The highest BCUT2D eigenvalue weighted by atomic mass is 16.5. The summed E-state index contributed by atoms with van der Waals surface area (Å²) in [5.41, 5.74) is 1.32. The first kappa shape index (κ1) is 15.5. The monoisotopic (exact) mass is 279 g/mol. The van der Waals surface area contributed by atoms with Crippen molar-refractivity contribution in [3.63, 3.8) is 0 Å². The maximum Gasteiger partial charge on any atom is 0.0575 e. The minimum atomic E-state index is 0.501. The summed E-state index contributed by atoms with van der Waals surface area (Å²) in [4.78, 5) is 0. The van der Waals surface area contributed by atoms with Crippen molar-refractivity contribution in [3.8, 4) is 0 Å². The van der Waals surface area contributed by atoms with Crippen molar-refractivity contribution >= 4 is 0 Å². The molecule has 4 heteroatoms. The lowest BCUT2D eigenvalue weighted by molar-refractivity contribution is 0.00847. The van der Waals surface area contributed by atoms with Crippen molar-refractivity contribution in [1.82, 2.24) is 15.1 Å². The Labute approximate surface area is 122 Å². The highest BCUT2D eigenvalue weighted by molar-refractivity contribution is 5.00. The fourth-order valence-corrected chi connectivity index (χ4v) is 3.03. The van der Waals surface area contributed by atoms with Gasteiger partial charge in [0.1, 0.15) is 0 Å². The molecule has 0 amide bonds. The van der Waals surface area contributed by atoms with E-state index in [1.165, 1.54) is 44.2 Å². The molecule has 1 aliphatic rings. The standard InChI is InChI=1S/C16H29N3O/c1-3-17-14(7-9-15-11-12-18-19(15)2)8-10-16-6-4-5-13-20-16/h11-12,14,16-17H,3-10,13H2,1-2H3. The molecule has 20 heavy (non-hydrogen) atoms. The molecule has 1 N–H and O–H groups in total. The van der Waals surface area contributed by atoms with Gasteiger partial charge in [0.25, 0.3) is 0 Å². The summed E-state index contributed by atoms with van der Waals surface area (Å²) in [6.45, 7) is 4.20. The normalized spacial score (nSPS) is 21.0. The van der Waals surface area contributed by atoms with E-state index in [4.69, 9.17) is 4.74 Å². The molecule has 0 aromatic carbocycles. The van der Waals surface area contributed by atoms with Crippen LogP contribution in [0, 0.1) is 0 Å². The first-order chi connectivity index (χ1) is 9.79. The largest absolute Gasteiger partial charge is 0.378 e. The summed E-state index contributed by atoms with van der Waals surface area (Å²) < 4.78 is 7.81. The van der Waals surface area contributed by atoms with E-state index in [-0.39, 0.29) is 0 Å². The van der Waals surface area contributed by atoms with Gasteiger partial charge in [-0.05, 0) is 57.6 Å². The van der Waals surface area contributed by atoms with Gasteiger partial charge in [-0.15, -0.1) is 0 Å². The van der Waals surface area contributed by atoms with E-state index in [0.29, 0.717) is 12.1 Å².